The minimum absolute atomic E-state index is 0.0520. The molecule has 0 spiro atoms. The second kappa shape index (κ2) is 5.01. The molecule has 3 nitrogen and oxygen atoms in total. The molecule has 1 rings (SSSR count). The predicted molar refractivity (Wildman–Crippen MR) is 50.9 cm³/mol. The van der Waals surface area contributed by atoms with Crippen molar-refractivity contribution >= 4 is 11.7 Å². The molecule has 0 aliphatic carbocycles. The van der Waals surface area contributed by atoms with Gasteiger partial charge in [-0.15, -0.1) is 0 Å². The number of carbonyl (C=O) groups excluding carboxylic acids is 2. The van der Waals surface area contributed by atoms with Crippen molar-refractivity contribution in [3.8, 4) is 0 Å². The topological polar surface area (TPSA) is 37.4 Å². The number of hydrogen-bond donors (Lipinski definition) is 0. The highest BCUT2D eigenvalue weighted by Crippen LogP contribution is 2.27. The summed E-state index contributed by atoms with van der Waals surface area (Å²) in [5, 5.41) is 0. The van der Waals surface area contributed by atoms with Crippen LogP contribution in [0.3, 0.4) is 0 Å². The largest absolute Gasteiger partial charge is 0.383 e. The van der Waals surface area contributed by atoms with Gasteiger partial charge in [0.05, 0.1) is 0 Å². The molecule has 1 unspecified atom stereocenters. The molecule has 1 saturated heterocycles. The van der Waals surface area contributed by atoms with Crippen LogP contribution >= 0.6 is 0 Å². The molecule has 1 fully saturated rings. The fourth-order valence-electron chi connectivity index (χ4n) is 1.75. The third-order valence-electron chi connectivity index (χ3n) is 2.86. The number of amides is 1. The molecule has 7 heteroatoms. The molecule has 1 amide bonds. The summed E-state index contributed by atoms with van der Waals surface area (Å²) in [6.07, 6.45) is -3.67. The van der Waals surface area contributed by atoms with Gasteiger partial charge in [0.2, 0.25) is 0 Å². The van der Waals surface area contributed by atoms with Crippen LogP contribution in [0.1, 0.15) is 19.8 Å². The lowest BCUT2D eigenvalue weighted by atomic mass is 9.94. The van der Waals surface area contributed by atoms with E-state index in [9.17, 15) is 27.2 Å². The number of likely N-dealkylation sites (tertiary alicyclic amines) is 1. The summed E-state index contributed by atoms with van der Waals surface area (Å²) in [4.78, 5) is 23.2. The van der Waals surface area contributed by atoms with Crippen molar-refractivity contribution in [2.75, 3.05) is 13.1 Å². The first-order chi connectivity index (χ1) is 7.80. The molecule has 0 saturated carbocycles. The lowest BCUT2D eigenvalue weighted by molar-refractivity contribution is -0.182. The summed E-state index contributed by atoms with van der Waals surface area (Å²) in [5.74, 6) is -7.20. The molecule has 1 atom stereocenters. The SMILES string of the molecule is CCC1CN(C(=O)C(F)(F)C(F)F)CCC1=O. The fourth-order valence-corrected chi connectivity index (χ4v) is 1.75. The number of ketones is 1. The fraction of sp³-hybridized carbons (Fsp3) is 0.800. The third-order valence-corrected chi connectivity index (χ3v) is 2.86. The summed E-state index contributed by atoms with van der Waals surface area (Å²) >= 11 is 0. The molecular formula is C10H13F4NO2. The van der Waals surface area contributed by atoms with Gasteiger partial charge in [-0.25, -0.2) is 8.78 Å². The number of alkyl halides is 4. The van der Waals surface area contributed by atoms with Crippen LogP contribution in [0, 0.1) is 5.92 Å². The van der Waals surface area contributed by atoms with Gasteiger partial charge >= 0.3 is 12.3 Å². The monoisotopic (exact) mass is 255 g/mol. The number of hydrogen-bond acceptors (Lipinski definition) is 2. The van der Waals surface area contributed by atoms with Gasteiger partial charge in [-0.2, -0.15) is 8.78 Å². The first-order valence-corrected chi connectivity index (χ1v) is 5.28. The molecule has 17 heavy (non-hydrogen) atoms. The molecule has 1 aliphatic rings. The predicted octanol–water partition coefficient (Wildman–Crippen LogP) is 1.71. The standard InChI is InChI=1S/C10H13F4NO2/c1-2-6-5-15(4-3-7(6)16)9(17)10(13,14)8(11)12/h6,8H,2-5H2,1H3. The molecule has 1 aliphatic heterocycles. The van der Waals surface area contributed by atoms with Gasteiger partial charge in [-0.3, -0.25) is 9.59 Å². The summed E-state index contributed by atoms with van der Waals surface area (Å²) in [6, 6.07) is 0. The van der Waals surface area contributed by atoms with Crippen molar-refractivity contribution in [1.29, 1.82) is 0 Å². The highest BCUT2D eigenvalue weighted by atomic mass is 19.3. The van der Waals surface area contributed by atoms with Crippen molar-refractivity contribution < 1.29 is 27.2 Å². The van der Waals surface area contributed by atoms with Crippen LogP contribution < -0.4 is 0 Å². The van der Waals surface area contributed by atoms with E-state index in [2.05, 4.69) is 0 Å². The Morgan fingerprint density at radius 1 is 1.53 bits per heavy atom. The Kier molecular flexibility index (Phi) is 4.11. The summed E-state index contributed by atoms with van der Waals surface area (Å²) in [5.41, 5.74) is 0. The highest BCUT2D eigenvalue weighted by molar-refractivity contribution is 5.88. The quantitative estimate of drug-likeness (QED) is 0.720. The van der Waals surface area contributed by atoms with Gasteiger partial charge in [0.1, 0.15) is 5.78 Å². The minimum atomic E-state index is -4.67. The zero-order valence-corrected chi connectivity index (χ0v) is 9.26. The van der Waals surface area contributed by atoms with Crippen LogP contribution in [-0.4, -0.2) is 42.0 Å². The van der Waals surface area contributed by atoms with E-state index >= 15 is 0 Å². The maximum absolute atomic E-state index is 12.8. The van der Waals surface area contributed by atoms with Crippen LogP contribution in [0.5, 0.6) is 0 Å². The molecule has 0 aromatic rings. The van der Waals surface area contributed by atoms with E-state index in [4.69, 9.17) is 0 Å². The number of nitrogens with zero attached hydrogens (tertiary/aromatic N) is 1. The van der Waals surface area contributed by atoms with Crippen LogP contribution in [0.25, 0.3) is 0 Å². The normalized spacial score (nSPS) is 22.1. The Hall–Kier alpha value is -1.14. The number of piperidine rings is 1. The van der Waals surface area contributed by atoms with Crippen LogP contribution in [0.4, 0.5) is 17.6 Å². The molecular weight excluding hydrogens is 242 g/mol. The lowest BCUT2D eigenvalue weighted by Crippen LogP contribution is -2.52. The first-order valence-electron chi connectivity index (χ1n) is 5.28. The highest BCUT2D eigenvalue weighted by Gasteiger charge is 2.52. The van der Waals surface area contributed by atoms with Crippen LogP contribution in [-0.2, 0) is 9.59 Å². The van der Waals surface area contributed by atoms with Gasteiger partial charge in [-0.1, -0.05) is 6.92 Å². The van der Waals surface area contributed by atoms with Crippen molar-refractivity contribution in [2.24, 2.45) is 5.92 Å². The van der Waals surface area contributed by atoms with Crippen molar-refractivity contribution in [2.45, 2.75) is 32.1 Å². The molecule has 0 aromatic heterocycles. The molecule has 0 bridgehead atoms. The molecule has 0 aromatic carbocycles. The van der Waals surface area contributed by atoms with Crippen molar-refractivity contribution in [1.82, 2.24) is 4.90 Å². The molecule has 0 radical (unpaired) electrons. The number of rotatable bonds is 3. The smallest absolute Gasteiger partial charge is 0.336 e. The van der Waals surface area contributed by atoms with Crippen LogP contribution in [0.15, 0.2) is 0 Å². The number of halogens is 4. The summed E-state index contributed by atoms with van der Waals surface area (Å²) in [7, 11) is 0. The molecule has 98 valence electrons. The van der Waals surface area contributed by atoms with Gasteiger partial charge in [0.25, 0.3) is 5.91 Å². The second-order valence-corrected chi connectivity index (χ2v) is 4.00. The average Bonchev–Trinajstić information content (AvgIpc) is 2.28. The van der Waals surface area contributed by atoms with Crippen molar-refractivity contribution in [3.63, 3.8) is 0 Å². The van der Waals surface area contributed by atoms with Gasteiger partial charge in [-0.05, 0) is 6.42 Å². The van der Waals surface area contributed by atoms with Gasteiger partial charge in [0, 0.05) is 25.4 Å². The Labute approximate surface area is 95.8 Å². The second-order valence-electron chi connectivity index (χ2n) is 4.00. The zero-order chi connectivity index (χ0) is 13.2. The van der Waals surface area contributed by atoms with E-state index in [1.165, 1.54) is 0 Å². The van der Waals surface area contributed by atoms with E-state index < -0.39 is 24.2 Å². The van der Waals surface area contributed by atoms with Gasteiger partial charge in [0.15, 0.2) is 0 Å². The number of carbonyl (C=O) groups is 2. The average molecular weight is 255 g/mol. The Morgan fingerprint density at radius 2 is 2.12 bits per heavy atom. The maximum atomic E-state index is 12.8. The van der Waals surface area contributed by atoms with E-state index in [1.807, 2.05) is 0 Å². The van der Waals surface area contributed by atoms with Crippen molar-refractivity contribution in [3.05, 3.63) is 0 Å². The summed E-state index contributed by atoms with van der Waals surface area (Å²) in [6.45, 7) is 1.27. The van der Waals surface area contributed by atoms with Gasteiger partial charge < -0.3 is 4.90 Å². The molecule has 0 N–H and O–H groups in total. The lowest BCUT2D eigenvalue weighted by Gasteiger charge is -2.33. The third kappa shape index (κ3) is 2.76. The molecule has 1 heterocycles. The Balaban J connectivity index is 2.75. The van der Waals surface area contributed by atoms with E-state index in [1.54, 1.807) is 6.92 Å². The zero-order valence-electron chi connectivity index (χ0n) is 9.26. The summed E-state index contributed by atoms with van der Waals surface area (Å²) < 4.78 is 49.7. The van der Waals surface area contributed by atoms with Crippen LogP contribution in [0.2, 0.25) is 0 Å². The Bertz CT molecular complexity index is 319. The maximum Gasteiger partial charge on any atom is 0.383 e. The van der Waals surface area contributed by atoms with E-state index in [0.29, 0.717) is 11.3 Å². The Morgan fingerprint density at radius 3 is 2.59 bits per heavy atom. The van der Waals surface area contributed by atoms with E-state index in [-0.39, 0.29) is 25.3 Å². The first kappa shape index (κ1) is 13.9. The minimum Gasteiger partial charge on any atom is -0.336 e. The van der Waals surface area contributed by atoms with E-state index in [0.717, 1.165) is 0 Å². The number of Topliss-reactive ketones (excluding diaryl/α,β-unsaturated/α-hetero) is 1.